The van der Waals surface area contributed by atoms with Gasteiger partial charge in [0.15, 0.2) is 0 Å². The Labute approximate surface area is 197 Å². The van der Waals surface area contributed by atoms with E-state index < -0.39 is 10.0 Å². The van der Waals surface area contributed by atoms with Gasteiger partial charge >= 0.3 is 0 Å². The number of anilines is 1. The first-order valence-electron chi connectivity index (χ1n) is 10.1. The minimum atomic E-state index is -4.09. The molecule has 4 aromatic rings. The first-order valence-corrected chi connectivity index (χ1v) is 12.0. The number of halogens is 1. The Hall–Kier alpha value is -3.49. The normalized spacial score (nSPS) is 12.3. The lowest BCUT2D eigenvalue weighted by Gasteiger charge is -2.26. The summed E-state index contributed by atoms with van der Waals surface area (Å²) in [6.45, 7) is 1.90. The smallest absolute Gasteiger partial charge is 0.264 e. The van der Waals surface area contributed by atoms with E-state index in [0.29, 0.717) is 10.5 Å². The lowest BCUT2D eigenvalue weighted by Crippen LogP contribution is -2.30. The molecule has 0 radical (unpaired) electrons. The molecule has 7 nitrogen and oxygen atoms in total. The van der Waals surface area contributed by atoms with E-state index >= 15 is 0 Å². The van der Waals surface area contributed by atoms with Crippen molar-refractivity contribution in [3.63, 3.8) is 0 Å². The maximum absolute atomic E-state index is 13.4. The average Bonchev–Trinajstić information content (AvgIpc) is 2.82. The largest absolute Gasteiger partial charge is 0.335 e. The molecule has 0 aliphatic carbocycles. The number of hydrogen-bond donors (Lipinski definition) is 1. The number of amides is 1. The molecule has 9 heteroatoms. The summed E-state index contributed by atoms with van der Waals surface area (Å²) in [6, 6.07) is 18.5. The molecule has 0 aliphatic rings. The molecule has 1 atom stereocenters. The van der Waals surface area contributed by atoms with Crippen LogP contribution in [0.25, 0.3) is 11.0 Å². The van der Waals surface area contributed by atoms with E-state index in [1.165, 1.54) is 30.6 Å². The Bertz CT molecular complexity index is 1420. The summed E-state index contributed by atoms with van der Waals surface area (Å²) in [4.78, 5) is 23.2. The van der Waals surface area contributed by atoms with E-state index in [1.807, 2.05) is 37.3 Å². The number of fused-ring (bicyclic) bond motifs is 1. The van der Waals surface area contributed by atoms with Crippen molar-refractivity contribution in [1.82, 2.24) is 14.9 Å². The predicted octanol–water partition coefficient (Wildman–Crippen LogP) is 4.92. The molecule has 0 saturated heterocycles. The SMILES string of the molecule is CC(c1ccccc1)N(C)C(=O)c1ccc(Cl)cc1NS(=O)(=O)c1cccc2nccnc12. The van der Waals surface area contributed by atoms with Gasteiger partial charge in [-0.2, -0.15) is 0 Å². The van der Waals surface area contributed by atoms with Gasteiger partial charge in [0.25, 0.3) is 15.9 Å². The van der Waals surface area contributed by atoms with Gasteiger partial charge < -0.3 is 4.90 Å². The summed E-state index contributed by atoms with van der Waals surface area (Å²) in [5.41, 5.74) is 1.90. The molecule has 0 saturated carbocycles. The molecule has 168 valence electrons. The van der Waals surface area contributed by atoms with E-state index in [0.717, 1.165) is 5.56 Å². The zero-order valence-electron chi connectivity index (χ0n) is 17.9. The second-order valence-corrected chi connectivity index (χ2v) is 9.57. The van der Waals surface area contributed by atoms with Crippen LogP contribution in [-0.2, 0) is 10.0 Å². The first-order chi connectivity index (χ1) is 15.8. The molecule has 33 heavy (non-hydrogen) atoms. The van der Waals surface area contributed by atoms with Crippen molar-refractivity contribution in [2.45, 2.75) is 17.9 Å². The number of nitrogens with one attached hydrogen (secondary N) is 1. The van der Waals surface area contributed by atoms with Gasteiger partial charge in [-0.25, -0.2) is 8.42 Å². The number of benzene rings is 3. The third kappa shape index (κ3) is 4.67. The molecule has 1 unspecified atom stereocenters. The number of hydrogen-bond acceptors (Lipinski definition) is 5. The highest BCUT2D eigenvalue weighted by Gasteiger charge is 2.25. The van der Waals surface area contributed by atoms with Crippen molar-refractivity contribution < 1.29 is 13.2 Å². The van der Waals surface area contributed by atoms with Crippen LogP contribution in [0.5, 0.6) is 0 Å². The van der Waals surface area contributed by atoms with E-state index in [-0.39, 0.29) is 33.6 Å². The Morgan fingerprint density at radius 2 is 1.73 bits per heavy atom. The fraction of sp³-hybridized carbons (Fsp3) is 0.125. The standard InChI is InChI=1S/C24H21ClN4O3S/c1-16(17-7-4-3-5-8-17)29(2)24(30)19-12-11-18(25)15-21(19)28-33(31,32)22-10-6-9-20-23(22)27-14-13-26-20/h3-16,28H,1-2H3. The summed E-state index contributed by atoms with van der Waals surface area (Å²) < 4.78 is 29.1. The highest BCUT2D eigenvalue weighted by atomic mass is 35.5. The minimum Gasteiger partial charge on any atom is -0.335 e. The van der Waals surface area contributed by atoms with Crippen LogP contribution in [0, 0.1) is 0 Å². The van der Waals surface area contributed by atoms with Gasteiger partial charge in [-0.15, -0.1) is 0 Å². The van der Waals surface area contributed by atoms with Crippen LogP contribution < -0.4 is 4.72 Å². The van der Waals surface area contributed by atoms with Crippen LogP contribution in [0.1, 0.15) is 28.9 Å². The highest BCUT2D eigenvalue weighted by molar-refractivity contribution is 7.93. The van der Waals surface area contributed by atoms with E-state index in [2.05, 4.69) is 14.7 Å². The van der Waals surface area contributed by atoms with Crippen molar-refractivity contribution >= 4 is 44.3 Å². The van der Waals surface area contributed by atoms with Gasteiger partial charge in [0.1, 0.15) is 10.4 Å². The van der Waals surface area contributed by atoms with Crippen molar-refractivity contribution in [1.29, 1.82) is 0 Å². The van der Waals surface area contributed by atoms with Gasteiger partial charge in [-0.3, -0.25) is 19.5 Å². The summed E-state index contributed by atoms with van der Waals surface area (Å²) in [5, 5.41) is 0.292. The lowest BCUT2D eigenvalue weighted by atomic mass is 10.1. The van der Waals surface area contributed by atoms with Crippen molar-refractivity contribution in [3.8, 4) is 0 Å². The lowest BCUT2D eigenvalue weighted by molar-refractivity contribution is 0.0743. The number of carbonyl (C=O) groups excluding carboxylic acids is 1. The van der Waals surface area contributed by atoms with Gasteiger partial charge in [-0.05, 0) is 42.8 Å². The van der Waals surface area contributed by atoms with Crippen LogP contribution in [0.15, 0.2) is 84.0 Å². The van der Waals surface area contributed by atoms with Crippen molar-refractivity contribution in [2.75, 3.05) is 11.8 Å². The minimum absolute atomic E-state index is 0.0440. The summed E-state index contributed by atoms with van der Waals surface area (Å²) in [7, 11) is -2.42. The maximum Gasteiger partial charge on any atom is 0.264 e. The molecule has 0 aliphatic heterocycles. The van der Waals surface area contributed by atoms with E-state index in [4.69, 9.17) is 11.6 Å². The van der Waals surface area contributed by atoms with Crippen LogP contribution >= 0.6 is 11.6 Å². The maximum atomic E-state index is 13.4. The number of nitrogens with zero attached hydrogens (tertiary/aromatic N) is 3. The fourth-order valence-corrected chi connectivity index (χ4v) is 4.90. The van der Waals surface area contributed by atoms with Crippen LogP contribution in [0.4, 0.5) is 5.69 Å². The molecular weight excluding hydrogens is 460 g/mol. The fourth-order valence-electron chi connectivity index (χ4n) is 3.49. The molecule has 1 N–H and O–H groups in total. The van der Waals surface area contributed by atoms with Gasteiger partial charge in [0, 0.05) is 24.5 Å². The number of sulfonamides is 1. The van der Waals surface area contributed by atoms with E-state index in [1.54, 1.807) is 30.1 Å². The molecular formula is C24H21ClN4O3S. The zero-order valence-corrected chi connectivity index (χ0v) is 19.5. The number of rotatable bonds is 6. The highest BCUT2D eigenvalue weighted by Crippen LogP contribution is 2.29. The third-order valence-electron chi connectivity index (χ3n) is 5.39. The number of aromatic nitrogens is 2. The molecule has 0 fully saturated rings. The molecule has 3 aromatic carbocycles. The van der Waals surface area contributed by atoms with Gasteiger partial charge in [-0.1, -0.05) is 48.0 Å². The van der Waals surface area contributed by atoms with Crippen molar-refractivity contribution in [3.05, 3.63) is 95.3 Å². The molecule has 1 aromatic heterocycles. The van der Waals surface area contributed by atoms with Crippen molar-refractivity contribution in [2.24, 2.45) is 0 Å². The monoisotopic (exact) mass is 480 g/mol. The molecule has 0 spiro atoms. The molecule has 0 bridgehead atoms. The predicted molar refractivity (Wildman–Crippen MR) is 129 cm³/mol. The Morgan fingerprint density at radius 1 is 1.00 bits per heavy atom. The second-order valence-electron chi connectivity index (χ2n) is 7.48. The molecule has 1 amide bonds. The summed E-state index contributed by atoms with van der Waals surface area (Å²) >= 11 is 6.15. The first kappa shape index (κ1) is 22.7. The summed E-state index contributed by atoms with van der Waals surface area (Å²) in [5.74, 6) is -0.349. The van der Waals surface area contributed by atoms with Crippen LogP contribution in [0.2, 0.25) is 5.02 Å². The number of carbonyl (C=O) groups is 1. The second kappa shape index (κ2) is 9.17. The topological polar surface area (TPSA) is 92.3 Å². The quantitative estimate of drug-likeness (QED) is 0.423. The Kier molecular flexibility index (Phi) is 6.31. The van der Waals surface area contributed by atoms with Gasteiger partial charge in [0.05, 0.1) is 22.8 Å². The number of para-hydroxylation sites is 1. The Morgan fingerprint density at radius 3 is 2.48 bits per heavy atom. The van der Waals surface area contributed by atoms with Crippen LogP contribution in [0.3, 0.4) is 0 Å². The zero-order chi connectivity index (χ0) is 23.6. The van der Waals surface area contributed by atoms with Gasteiger partial charge in [0.2, 0.25) is 0 Å². The van der Waals surface area contributed by atoms with E-state index in [9.17, 15) is 13.2 Å². The average molecular weight is 481 g/mol. The van der Waals surface area contributed by atoms with Crippen LogP contribution in [-0.4, -0.2) is 36.2 Å². The Balaban J connectivity index is 1.71. The third-order valence-corrected chi connectivity index (χ3v) is 7.02. The molecule has 1 heterocycles. The molecule has 4 rings (SSSR count). The summed E-state index contributed by atoms with van der Waals surface area (Å²) in [6.07, 6.45) is 2.92.